The molecule has 0 atom stereocenters. The standard InChI is InChI=1S/C12H20N4O2/c1-3-14-11-9-13-8-10(16-11)12(17)15-6-4-5-7-18-2/h8-9H,3-7H2,1-2H3,(H,14,16)(H,15,17). The number of rotatable bonds is 8. The Hall–Kier alpha value is -1.69. The molecule has 0 fully saturated rings. The fourth-order valence-corrected chi connectivity index (χ4v) is 1.41. The molecule has 0 aliphatic heterocycles. The van der Waals surface area contributed by atoms with Crippen molar-refractivity contribution in [3.8, 4) is 0 Å². The van der Waals surface area contributed by atoms with Crippen molar-refractivity contribution in [2.45, 2.75) is 19.8 Å². The summed E-state index contributed by atoms with van der Waals surface area (Å²) in [6.45, 7) is 4.04. The number of unbranched alkanes of at least 4 members (excludes halogenated alkanes) is 1. The highest BCUT2D eigenvalue weighted by molar-refractivity contribution is 5.92. The van der Waals surface area contributed by atoms with Gasteiger partial charge in [0.25, 0.3) is 5.91 Å². The maximum Gasteiger partial charge on any atom is 0.271 e. The van der Waals surface area contributed by atoms with Crippen LogP contribution in [0.4, 0.5) is 5.82 Å². The van der Waals surface area contributed by atoms with Crippen LogP contribution in [0.2, 0.25) is 0 Å². The Morgan fingerprint density at radius 3 is 2.94 bits per heavy atom. The fraction of sp³-hybridized carbons (Fsp3) is 0.583. The molecule has 0 bridgehead atoms. The zero-order chi connectivity index (χ0) is 13.2. The molecule has 1 rings (SSSR count). The fourth-order valence-electron chi connectivity index (χ4n) is 1.41. The number of hydrogen-bond acceptors (Lipinski definition) is 5. The highest BCUT2D eigenvalue weighted by Gasteiger charge is 2.07. The average Bonchev–Trinajstić information content (AvgIpc) is 2.39. The van der Waals surface area contributed by atoms with Crippen LogP contribution >= 0.6 is 0 Å². The summed E-state index contributed by atoms with van der Waals surface area (Å²) < 4.78 is 4.93. The van der Waals surface area contributed by atoms with E-state index in [4.69, 9.17) is 4.74 Å². The van der Waals surface area contributed by atoms with Gasteiger partial charge in [-0.15, -0.1) is 0 Å². The molecule has 0 aliphatic carbocycles. The first kappa shape index (κ1) is 14.4. The van der Waals surface area contributed by atoms with Crippen molar-refractivity contribution in [2.75, 3.05) is 32.1 Å². The van der Waals surface area contributed by atoms with Gasteiger partial charge < -0.3 is 15.4 Å². The number of hydrogen-bond donors (Lipinski definition) is 2. The molecule has 100 valence electrons. The molecule has 1 aromatic heterocycles. The predicted molar refractivity (Wildman–Crippen MR) is 69.6 cm³/mol. The summed E-state index contributed by atoms with van der Waals surface area (Å²) in [6.07, 6.45) is 4.88. The smallest absolute Gasteiger partial charge is 0.271 e. The van der Waals surface area contributed by atoms with Crippen molar-refractivity contribution in [3.63, 3.8) is 0 Å². The third kappa shape index (κ3) is 5.09. The van der Waals surface area contributed by atoms with Gasteiger partial charge in [0.05, 0.1) is 12.4 Å². The van der Waals surface area contributed by atoms with E-state index in [1.54, 1.807) is 13.3 Å². The van der Waals surface area contributed by atoms with Crippen molar-refractivity contribution in [2.24, 2.45) is 0 Å². The van der Waals surface area contributed by atoms with Crippen LogP contribution in [0.3, 0.4) is 0 Å². The van der Waals surface area contributed by atoms with Crippen LogP contribution in [-0.4, -0.2) is 42.7 Å². The van der Waals surface area contributed by atoms with Crippen LogP contribution in [0, 0.1) is 0 Å². The van der Waals surface area contributed by atoms with E-state index in [1.165, 1.54) is 6.20 Å². The van der Waals surface area contributed by atoms with E-state index in [2.05, 4.69) is 20.6 Å². The van der Waals surface area contributed by atoms with Gasteiger partial charge in [0.15, 0.2) is 0 Å². The number of carbonyl (C=O) groups is 1. The molecule has 0 saturated carbocycles. The minimum absolute atomic E-state index is 0.195. The van der Waals surface area contributed by atoms with Crippen molar-refractivity contribution < 1.29 is 9.53 Å². The second-order valence-corrected chi connectivity index (χ2v) is 3.78. The summed E-state index contributed by atoms with van der Waals surface area (Å²) in [6, 6.07) is 0. The summed E-state index contributed by atoms with van der Waals surface area (Å²) in [5.41, 5.74) is 0.334. The second kappa shape index (κ2) is 8.41. The number of aromatic nitrogens is 2. The summed E-state index contributed by atoms with van der Waals surface area (Å²) in [5.74, 6) is 0.421. The molecule has 1 amide bonds. The van der Waals surface area contributed by atoms with Crippen LogP contribution in [0.25, 0.3) is 0 Å². The lowest BCUT2D eigenvalue weighted by Gasteiger charge is -2.06. The number of methoxy groups -OCH3 is 1. The van der Waals surface area contributed by atoms with Crippen LogP contribution in [0.15, 0.2) is 12.4 Å². The minimum Gasteiger partial charge on any atom is -0.385 e. The lowest BCUT2D eigenvalue weighted by atomic mass is 10.3. The largest absolute Gasteiger partial charge is 0.385 e. The Balaban J connectivity index is 2.38. The van der Waals surface area contributed by atoms with Crippen LogP contribution < -0.4 is 10.6 Å². The zero-order valence-electron chi connectivity index (χ0n) is 10.9. The Kier molecular flexibility index (Phi) is 6.71. The minimum atomic E-state index is -0.195. The van der Waals surface area contributed by atoms with E-state index in [-0.39, 0.29) is 5.91 Å². The third-order valence-corrected chi connectivity index (χ3v) is 2.29. The molecule has 2 N–H and O–H groups in total. The Labute approximate surface area is 107 Å². The molecule has 0 radical (unpaired) electrons. The summed E-state index contributed by atoms with van der Waals surface area (Å²) in [7, 11) is 1.67. The Morgan fingerprint density at radius 1 is 1.39 bits per heavy atom. The zero-order valence-corrected chi connectivity index (χ0v) is 10.9. The first-order chi connectivity index (χ1) is 8.77. The normalized spacial score (nSPS) is 10.1. The van der Waals surface area contributed by atoms with Crippen molar-refractivity contribution >= 4 is 11.7 Å². The van der Waals surface area contributed by atoms with Crippen LogP contribution in [-0.2, 0) is 4.74 Å². The van der Waals surface area contributed by atoms with Gasteiger partial charge >= 0.3 is 0 Å². The maximum absolute atomic E-state index is 11.8. The van der Waals surface area contributed by atoms with Gasteiger partial charge in [-0.2, -0.15) is 0 Å². The number of anilines is 1. The second-order valence-electron chi connectivity index (χ2n) is 3.78. The summed E-state index contributed by atoms with van der Waals surface area (Å²) >= 11 is 0. The van der Waals surface area contributed by atoms with Gasteiger partial charge in [0, 0.05) is 26.8 Å². The number of ether oxygens (including phenoxy) is 1. The molecule has 0 spiro atoms. The molecule has 0 saturated heterocycles. The number of nitrogens with one attached hydrogen (secondary N) is 2. The van der Waals surface area contributed by atoms with E-state index in [0.29, 0.717) is 24.7 Å². The Morgan fingerprint density at radius 2 is 2.22 bits per heavy atom. The van der Waals surface area contributed by atoms with E-state index in [9.17, 15) is 4.79 Å². The van der Waals surface area contributed by atoms with Gasteiger partial charge in [0.1, 0.15) is 11.5 Å². The van der Waals surface area contributed by atoms with Crippen molar-refractivity contribution in [3.05, 3.63) is 18.1 Å². The number of amides is 1. The molecule has 1 heterocycles. The SMILES string of the molecule is CCNc1cncc(C(=O)NCCCCOC)n1. The van der Waals surface area contributed by atoms with Crippen molar-refractivity contribution in [1.82, 2.24) is 15.3 Å². The van der Waals surface area contributed by atoms with Gasteiger partial charge in [-0.05, 0) is 19.8 Å². The van der Waals surface area contributed by atoms with E-state index in [1.807, 2.05) is 6.92 Å². The predicted octanol–water partition coefficient (Wildman–Crippen LogP) is 1.06. The van der Waals surface area contributed by atoms with E-state index in [0.717, 1.165) is 19.4 Å². The molecule has 0 aromatic carbocycles. The van der Waals surface area contributed by atoms with E-state index < -0.39 is 0 Å². The lowest BCUT2D eigenvalue weighted by molar-refractivity contribution is 0.0946. The van der Waals surface area contributed by atoms with Crippen molar-refractivity contribution in [1.29, 1.82) is 0 Å². The number of carbonyl (C=O) groups excluding carboxylic acids is 1. The highest BCUT2D eigenvalue weighted by Crippen LogP contribution is 2.01. The van der Waals surface area contributed by atoms with Gasteiger partial charge in [-0.1, -0.05) is 0 Å². The third-order valence-electron chi connectivity index (χ3n) is 2.29. The first-order valence-corrected chi connectivity index (χ1v) is 6.11. The first-order valence-electron chi connectivity index (χ1n) is 6.11. The van der Waals surface area contributed by atoms with Gasteiger partial charge in [-0.3, -0.25) is 9.78 Å². The lowest BCUT2D eigenvalue weighted by Crippen LogP contribution is -2.26. The highest BCUT2D eigenvalue weighted by atomic mass is 16.5. The van der Waals surface area contributed by atoms with Gasteiger partial charge in [-0.25, -0.2) is 4.98 Å². The molecule has 1 aromatic rings. The molecular weight excluding hydrogens is 232 g/mol. The summed E-state index contributed by atoms with van der Waals surface area (Å²) in [4.78, 5) is 19.9. The topological polar surface area (TPSA) is 76.1 Å². The molecule has 18 heavy (non-hydrogen) atoms. The molecule has 6 nitrogen and oxygen atoms in total. The molecule has 0 unspecified atom stereocenters. The summed E-state index contributed by atoms with van der Waals surface area (Å²) in [5, 5.41) is 5.82. The Bertz CT molecular complexity index is 371. The molecule has 6 heteroatoms. The molecular formula is C12H20N4O2. The molecule has 0 aliphatic rings. The number of nitrogens with zero attached hydrogens (tertiary/aromatic N) is 2. The van der Waals surface area contributed by atoms with Crippen LogP contribution in [0.5, 0.6) is 0 Å². The van der Waals surface area contributed by atoms with Gasteiger partial charge in [0.2, 0.25) is 0 Å². The van der Waals surface area contributed by atoms with Crippen LogP contribution in [0.1, 0.15) is 30.3 Å². The quantitative estimate of drug-likeness (QED) is 0.677. The van der Waals surface area contributed by atoms with E-state index >= 15 is 0 Å². The monoisotopic (exact) mass is 252 g/mol. The maximum atomic E-state index is 11.8. The average molecular weight is 252 g/mol.